The average molecular weight is 274 g/mol. The summed E-state index contributed by atoms with van der Waals surface area (Å²) in [6.07, 6.45) is 0.319. The number of carbonyl (C=O) groups is 2. The molecule has 1 amide bonds. The van der Waals surface area contributed by atoms with Crippen LogP contribution in [0.2, 0.25) is 0 Å². The summed E-state index contributed by atoms with van der Waals surface area (Å²) in [4.78, 5) is 24.7. The lowest BCUT2D eigenvalue weighted by Crippen LogP contribution is -2.34. The summed E-state index contributed by atoms with van der Waals surface area (Å²) in [6.45, 7) is 6.38. The largest absolute Gasteiger partial charge is 0.478 e. The highest BCUT2D eigenvalue weighted by molar-refractivity contribution is 6.09. The zero-order valence-electron chi connectivity index (χ0n) is 12.1. The molecular weight excluding hydrogens is 255 g/mol. The fourth-order valence-electron chi connectivity index (χ4n) is 1.97. The van der Waals surface area contributed by atoms with Crippen LogP contribution in [0.15, 0.2) is 12.1 Å². The molecule has 0 aromatic heterocycles. The van der Waals surface area contributed by atoms with Crippen LogP contribution in [0.1, 0.15) is 28.4 Å². The highest BCUT2D eigenvalue weighted by Gasteiger charge is 2.13. The number of amides is 1. The van der Waals surface area contributed by atoms with E-state index in [1.54, 1.807) is 30.9 Å². The molecule has 0 aliphatic heterocycles. The Hall–Kier alpha value is -1.82. The number of carboxylic acid groups (broad SMARTS) is 1. The fourth-order valence-corrected chi connectivity index (χ4v) is 1.97. The number of benzene rings is 1. The van der Waals surface area contributed by atoms with Crippen molar-refractivity contribution >= 4 is 25.4 Å². The van der Waals surface area contributed by atoms with Crippen molar-refractivity contribution in [1.29, 1.82) is 0 Å². The van der Waals surface area contributed by atoms with Gasteiger partial charge in [0.25, 0.3) is 0 Å². The molecule has 0 aliphatic rings. The lowest BCUT2D eigenvalue weighted by Gasteiger charge is -2.19. The number of aromatic carboxylic acids is 1. The molecule has 5 nitrogen and oxygen atoms in total. The van der Waals surface area contributed by atoms with Crippen LogP contribution in [0.5, 0.6) is 0 Å². The maximum absolute atomic E-state index is 11.9. The maximum atomic E-state index is 11.9. The Morgan fingerprint density at radius 2 is 1.85 bits per heavy atom. The number of hydrogen-bond donors (Lipinski definition) is 2. The first-order chi connectivity index (χ1) is 9.38. The van der Waals surface area contributed by atoms with E-state index in [0.717, 1.165) is 11.1 Å². The zero-order chi connectivity index (χ0) is 15.3. The Morgan fingerprint density at radius 1 is 1.30 bits per heavy atom. The summed E-state index contributed by atoms with van der Waals surface area (Å²) in [6, 6.07) is 3.09. The van der Waals surface area contributed by atoms with Gasteiger partial charge in [-0.2, -0.15) is 0 Å². The second kappa shape index (κ2) is 7.10. The van der Waals surface area contributed by atoms with Crippen molar-refractivity contribution < 1.29 is 14.7 Å². The summed E-state index contributed by atoms with van der Waals surface area (Å²) < 4.78 is 0. The number of hydrogen-bond acceptors (Lipinski definition) is 3. The Kier molecular flexibility index (Phi) is 5.76. The van der Waals surface area contributed by atoms with Crippen molar-refractivity contribution in [3.63, 3.8) is 0 Å². The number of rotatable bonds is 6. The molecule has 2 radical (unpaired) electrons. The molecule has 0 bridgehead atoms. The topological polar surface area (TPSA) is 69.6 Å². The Morgan fingerprint density at radius 3 is 2.25 bits per heavy atom. The molecule has 1 rings (SSSR count). The number of aryl methyl sites for hydroxylation is 2. The lowest BCUT2D eigenvalue weighted by molar-refractivity contribution is -0.117. The van der Waals surface area contributed by atoms with Crippen molar-refractivity contribution in [3.8, 4) is 0 Å². The van der Waals surface area contributed by atoms with Crippen LogP contribution in [0, 0.1) is 13.8 Å². The summed E-state index contributed by atoms with van der Waals surface area (Å²) in [7, 11) is 5.52. The van der Waals surface area contributed by atoms with E-state index in [2.05, 4.69) is 5.32 Å². The summed E-state index contributed by atoms with van der Waals surface area (Å²) >= 11 is 0. The van der Waals surface area contributed by atoms with Crippen molar-refractivity contribution in [2.45, 2.75) is 20.8 Å². The van der Waals surface area contributed by atoms with Gasteiger partial charge in [0.2, 0.25) is 5.91 Å². The van der Waals surface area contributed by atoms with Gasteiger partial charge in [0.1, 0.15) is 0 Å². The maximum Gasteiger partial charge on any atom is 0.335 e. The molecule has 0 saturated carbocycles. The van der Waals surface area contributed by atoms with Gasteiger partial charge in [-0.15, -0.1) is 0 Å². The van der Waals surface area contributed by atoms with E-state index in [-0.39, 0.29) is 18.0 Å². The molecule has 0 saturated heterocycles. The first-order valence-electron chi connectivity index (χ1n) is 6.45. The monoisotopic (exact) mass is 274 g/mol. The minimum atomic E-state index is -0.977. The van der Waals surface area contributed by atoms with Gasteiger partial charge in [-0.05, 0) is 50.1 Å². The standard InChI is InChI=1S/C14H19BN2O3/c1-4-17(8-15)7-12(18)16-13-9(2)5-11(14(19)20)6-10(13)3/h5-6H,4,7-8H2,1-3H3,(H,16,18)(H,19,20). The van der Waals surface area contributed by atoms with Gasteiger partial charge in [-0.1, -0.05) is 6.92 Å². The van der Waals surface area contributed by atoms with E-state index in [9.17, 15) is 9.59 Å². The van der Waals surface area contributed by atoms with Gasteiger partial charge in [-0.25, -0.2) is 4.79 Å². The third-order valence-corrected chi connectivity index (χ3v) is 3.12. The summed E-state index contributed by atoms with van der Waals surface area (Å²) in [5.74, 6) is -1.14. The number of likely N-dealkylation sites (N-methyl/N-ethyl adjacent to an activating group) is 1. The van der Waals surface area contributed by atoms with Gasteiger partial charge < -0.3 is 15.3 Å². The van der Waals surface area contributed by atoms with Gasteiger partial charge in [0.05, 0.1) is 20.0 Å². The molecule has 106 valence electrons. The van der Waals surface area contributed by atoms with Crippen molar-refractivity contribution in [3.05, 3.63) is 28.8 Å². The second-order valence-corrected chi connectivity index (χ2v) is 4.67. The molecule has 2 N–H and O–H groups in total. The Bertz CT molecular complexity index is 490. The first kappa shape index (κ1) is 16.2. The SMILES string of the molecule is [B]CN(CC)CC(=O)Nc1c(C)cc(C(=O)O)cc1C. The third-order valence-electron chi connectivity index (χ3n) is 3.12. The molecule has 0 spiro atoms. The number of carboxylic acids is 1. The molecule has 0 unspecified atom stereocenters. The molecule has 0 aliphatic carbocycles. The van der Waals surface area contributed by atoms with E-state index in [4.69, 9.17) is 13.0 Å². The van der Waals surface area contributed by atoms with E-state index in [0.29, 0.717) is 18.7 Å². The molecule has 0 heterocycles. The number of nitrogens with zero attached hydrogens (tertiary/aromatic N) is 1. The van der Waals surface area contributed by atoms with Gasteiger partial charge >= 0.3 is 5.97 Å². The third kappa shape index (κ3) is 4.10. The average Bonchev–Trinajstić information content (AvgIpc) is 2.39. The lowest BCUT2D eigenvalue weighted by atomic mass is 10.0. The minimum Gasteiger partial charge on any atom is -0.478 e. The van der Waals surface area contributed by atoms with Gasteiger partial charge in [0.15, 0.2) is 0 Å². The van der Waals surface area contributed by atoms with E-state index < -0.39 is 5.97 Å². The highest BCUT2D eigenvalue weighted by Crippen LogP contribution is 2.22. The van der Waals surface area contributed by atoms with Crippen LogP contribution in [-0.2, 0) is 4.79 Å². The smallest absolute Gasteiger partial charge is 0.335 e. The molecule has 20 heavy (non-hydrogen) atoms. The molecular formula is C14H19BN2O3. The van der Waals surface area contributed by atoms with Gasteiger partial charge in [-0.3, -0.25) is 4.79 Å². The van der Waals surface area contributed by atoms with Crippen molar-refractivity contribution in [1.82, 2.24) is 4.90 Å². The molecule has 1 aromatic rings. The van der Waals surface area contributed by atoms with Crippen LogP contribution in [-0.4, -0.2) is 49.3 Å². The molecule has 0 fully saturated rings. The quantitative estimate of drug-likeness (QED) is 0.769. The van der Waals surface area contributed by atoms with E-state index in [1.165, 1.54) is 0 Å². The predicted molar refractivity (Wildman–Crippen MR) is 79.4 cm³/mol. The van der Waals surface area contributed by atoms with Crippen LogP contribution < -0.4 is 5.32 Å². The second-order valence-electron chi connectivity index (χ2n) is 4.67. The highest BCUT2D eigenvalue weighted by atomic mass is 16.4. The predicted octanol–water partition coefficient (Wildman–Crippen LogP) is 1.39. The summed E-state index contributed by atoms with van der Waals surface area (Å²) in [5.41, 5.74) is 2.33. The fraction of sp³-hybridized carbons (Fsp3) is 0.429. The Labute approximate surface area is 120 Å². The first-order valence-corrected chi connectivity index (χ1v) is 6.45. The molecule has 6 heteroatoms. The number of carbonyl (C=O) groups excluding carboxylic acids is 1. The summed E-state index contributed by atoms with van der Waals surface area (Å²) in [5, 5.41) is 11.8. The van der Waals surface area contributed by atoms with Crippen molar-refractivity contribution in [2.24, 2.45) is 0 Å². The Balaban J connectivity index is 2.88. The normalized spacial score (nSPS) is 10.6. The number of anilines is 1. The van der Waals surface area contributed by atoms with Crippen LogP contribution in [0.4, 0.5) is 5.69 Å². The van der Waals surface area contributed by atoms with Crippen LogP contribution in [0.25, 0.3) is 0 Å². The van der Waals surface area contributed by atoms with Crippen LogP contribution in [0.3, 0.4) is 0 Å². The van der Waals surface area contributed by atoms with Gasteiger partial charge in [0, 0.05) is 5.69 Å². The van der Waals surface area contributed by atoms with E-state index in [1.807, 2.05) is 6.92 Å². The molecule has 1 aromatic carbocycles. The van der Waals surface area contributed by atoms with Crippen molar-refractivity contribution in [2.75, 3.05) is 24.9 Å². The molecule has 0 atom stereocenters. The van der Waals surface area contributed by atoms with E-state index >= 15 is 0 Å². The van der Waals surface area contributed by atoms with Crippen LogP contribution >= 0.6 is 0 Å². The zero-order valence-corrected chi connectivity index (χ0v) is 12.1. The number of nitrogens with one attached hydrogen (secondary N) is 1. The minimum absolute atomic E-state index is 0.161.